The fraction of sp³-hybridized carbons (Fsp3) is 0.273. The van der Waals surface area contributed by atoms with E-state index in [1.165, 1.54) is 0 Å². The summed E-state index contributed by atoms with van der Waals surface area (Å²) in [6.07, 6.45) is 1.72. The Morgan fingerprint density at radius 3 is 2.50 bits per heavy atom. The van der Waals surface area contributed by atoms with Gasteiger partial charge in [0.05, 0.1) is 12.6 Å². The fourth-order valence-corrected chi connectivity index (χ4v) is 2.77. The minimum absolute atomic E-state index is 0.389. The maximum absolute atomic E-state index is 10.3. The number of aliphatic hydroxyl groups excluding tert-OH is 1. The average molecular weight is 378 g/mol. The molecule has 3 N–H and O–H groups in total. The molecule has 28 heavy (non-hydrogen) atoms. The van der Waals surface area contributed by atoms with Gasteiger partial charge in [0, 0.05) is 25.1 Å². The molecule has 1 atom stereocenters. The van der Waals surface area contributed by atoms with Gasteiger partial charge < -0.3 is 20.2 Å². The molecule has 0 aliphatic rings. The van der Waals surface area contributed by atoms with Crippen LogP contribution in [0.15, 0.2) is 76.3 Å². The van der Waals surface area contributed by atoms with Crippen molar-refractivity contribution in [2.24, 2.45) is 4.99 Å². The second-order valence-electron chi connectivity index (χ2n) is 6.43. The van der Waals surface area contributed by atoms with Crippen LogP contribution in [0.5, 0.6) is 0 Å². The van der Waals surface area contributed by atoms with Crippen LogP contribution in [0.3, 0.4) is 0 Å². The van der Waals surface area contributed by atoms with E-state index in [4.69, 9.17) is 4.42 Å². The second kappa shape index (κ2) is 10.3. The van der Waals surface area contributed by atoms with Gasteiger partial charge in [-0.25, -0.2) is 9.98 Å². The van der Waals surface area contributed by atoms with Gasteiger partial charge in [-0.15, -0.1) is 0 Å². The van der Waals surface area contributed by atoms with E-state index in [1.54, 1.807) is 6.26 Å². The van der Waals surface area contributed by atoms with E-state index in [2.05, 4.69) is 20.6 Å². The first-order valence-corrected chi connectivity index (χ1v) is 9.48. The maximum atomic E-state index is 10.3. The molecule has 1 aromatic heterocycles. The molecule has 0 saturated heterocycles. The normalized spacial score (nSPS) is 12.6. The maximum Gasteiger partial charge on any atom is 0.226 e. The first-order valence-electron chi connectivity index (χ1n) is 9.48. The van der Waals surface area contributed by atoms with Crippen molar-refractivity contribution in [1.82, 2.24) is 15.6 Å². The number of aliphatic imine (C=N–C) groups is 1. The van der Waals surface area contributed by atoms with Crippen molar-refractivity contribution in [2.45, 2.75) is 26.0 Å². The van der Waals surface area contributed by atoms with Crippen molar-refractivity contribution < 1.29 is 9.52 Å². The molecule has 2 aromatic carbocycles. The number of hydrogen-bond donors (Lipinski definition) is 3. The Balaban J connectivity index is 1.54. The number of nitrogens with zero attached hydrogens (tertiary/aromatic N) is 2. The smallest absolute Gasteiger partial charge is 0.226 e. The topological polar surface area (TPSA) is 82.7 Å². The van der Waals surface area contributed by atoms with Crippen LogP contribution in [-0.2, 0) is 13.0 Å². The zero-order chi connectivity index (χ0) is 19.6. The minimum Gasteiger partial charge on any atom is -0.444 e. The van der Waals surface area contributed by atoms with E-state index in [0.29, 0.717) is 31.4 Å². The molecule has 1 heterocycles. The van der Waals surface area contributed by atoms with Gasteiger partial charge in [-0.1, -0.05) is 48.5 Å². The summed E-state index contributed by atoms with van der Waals surface area (Å²) < 4.78 is 5.55. The number of oxazole rings is 1. The number of hydrogen-bond acceptors (Lipinski definition) is 4. The molecule has 1 unspecified atom stereocenters. The predicted molar refractivity (Wildman–Crippen MR) is 111 cm³/mol. The summed E-state index contributed by atoms with van der Waals surface area (Å²) in [6, 6.07) is 19.7. The fourth-order valence-electron chi connectivity index (χ4n) is 2.77. The lowest BCUT2D eigenvalue weighted by molar-refractivity contribution is 0.177. The van der Waals surface area contributed by atoms with Crippen LogP contribution in [0, 0.1) is 0 Å². The standard InChI is InChI=1S/C22H26N4O2/c1-2-23-22(25-15-20(27)13-17-9-5-3-6-10-17)24-14-19-16-28-21(26-19)18-11-7-4-8-12-18/h3-12,16,20,27H,2,13-15H2,1H3,(H2,23,24,25). The molecule has 0 aliphatic heterocycles. The average Bonchev–Trinajstić information content (AvgIpc) is 3.20. The highest BCUT2D eigenvalue weighted by Gasteiger charge is 2.08. The molecular weight excluding hydrogens is 352 g/mol. The number of nitrogens with one attached hydrogen (secondary N) is 2. The quantitative estimate of drug-likeness (QED) is 0.415. The van der Waals surface area contributed by atoms with Crippen molar-refractivity contribution in [1.29, 1.82) is 0 Å². The van der Waals surface area contributed by atoms with Gasteiger partial charge in [0.1, 0.15) is 12.0 Å². The molecule has 3 rings (SSSR count). The third-order valence-corrected chi connectivity index (χ3v) is 4.14. The highest BCUT2D eigenvalue weighted by atomic mass is 16.3. The number of rotatable bonds is 8. The van der Waals surface area contributed by atoms with Crippen LogP contribution in [-0.4, -0.2) is 35.2 Å². The molecule has 146 valence electrons. The number of aliphatic hydroxyl groups is 1. The summed E-state index contributed by atoms with van der Waals surface area (Å²) in [5, 5.41) is 16.6. The van der Waals surface area contributed by atoms with E-state index in [9.17, 15) is 5.11 Å². The first-order chi connectivity index (χ1) is 13.7. The molecule has 0 fully saturated rings. The van der Waals surface area contributed by atoms with Crippen LogP contribution in [0.1, 0.15) is 18.2 Å². The van der Waals surface area contributed by atoms with Crippen molar-refractivity contribution in [3.63, 3.8) is 0 Å². The van der Waals surface area contributed by atoms with Crippen molar-refractivity contribution >= 4 is 5.96 Å². The summed E-state index contributed by atoms with van der Waals surface area (Å²) in [5.74, 6) is 1.22. The van der Waals surface area contributed by atoms with E-state index >= 15 is 0 Å². The van der Waals surface area contributed by atoms with E-state index in [1.807, 2.05) is 67.6 Å². The molecular formula is C22H26N4O2. The summed E-state index contributed by atoms with van der Waals surface area (Å²) in [4.78, 5) is 9.02. The molecule has 0 amide bonds. The predicted octanol–water partition coefficient (Wildman–Crippen LogP) is 3.00. The zero-order valence-corrected chi connectivity index (χ0v) is 16.0. The summed E-state index contributed by atoms with van der Waals surface area (Å²) in [7, 11) is 0. The molecule has 0 radical (unpaired) electrons. The van der Waals surface area contributed by atoms with Gasteiger partial charge in [0.2, 0.25) is 5.89 Å². The lowest BCUT2D eigenvalue weighted by Crippen LogP contribution is -2.41. The van der Waals surface area contributed by atoms with Crippen molar-refractivity contribution in [3.8, 4) is 11.5 Å². The van der Waals surface area contributed by atoms with E-state index < -0.39 is 6.10 Å². The van der Waals surface area contributed by atoms with Crippen molar-refractivity contribution in [3.05, 3.63) is 78.2 Å². The third kappa shape index (κ3) is 5.96. The SMILES string of the molecule is CCNC(=NCc1coc(-c2ccccc2)n1)NCC(O)Cc1ccccc1. The highest BCUT2D eigenvalue weighted by molar-refractivity contribution is 5.79. The molecule has 3 aromatic rings. The molecule has 6 nitrogen and oxygen atoms in total. The Bertz CT molecular complexity index is 863. The number of aromatic nitrogens is 1. The molecule has 0 bridgehead atoms. The summed E-state index contributed by atoms with van der Waals surface area (Å²) >= 11 is 0. The monoisotopic (exact) mass is 378 g/mol. The number of benzene rings is 2. The van der Waals surface area contributed by atoms with Gasteiger partial charge in [0.25, 0.3) is 0 Å². The molecule has 6 heteroatoms. The molecule has 0 saturated carbocycles. The molecule has 0 spiro atoms. The van der Waals surface area contributed by atoms with Gasteiger partial charge in [-0.05, 0) is 24.6 Å². The summed E-state index contributed by atoms with van der Waals surface area (Å²) in [5.41, 5.74) is 2.79. The Kier molecular flexibility index (Phi) is 7.21. The number of guanidine groups is 1. The first kappa shape index (κ1) is 19.6. The third-order valence-electron chi connectivity index (χ3n) is 4.14. The Morgan fingerprint density at radius 2 is 1.79 bits per heavy atom. The van der Waals surface area contributed by atoms with E-state index in [0.717, 1.165) is 23.4 Å². The highest BCUT2D eigenvalue weighted by Crippen LogP contribution is 2.18. The van der Waals surface area contributed by atoms with Crippen LogP contribution in [0.25, 0.3) is 11.5 Å². The zero-order valence-electron chi connectivity index (χ0n) is 16.0. The van der Waals surface area contributed by atoms with Crippen LogP contribution >= 0.6 is 0 Å². The van der Waals surface area contributed by atoms with Crippen LogP contribution in [0.2, 0.25) is 0 Å². The lowest BCUT2D eigenvalue weighted by Gasteiger charge is -2.15. The minimum atomic E-state index is -0.497. The van der Waals surface area contributed by atoms with Gasteiger partial charge in [0.15, 0.2) is 5.96 Å². The summed E-state index contributed by atoms with van der Waals surface area (Å²) in [6.45, 7) is 3.53. The van der Waals surface area contributed by atoms with Gasteiger partial charge >= 0.3 is 0 Å². The van der Waals surface area contributed by atoms with Crippen molar-refractivity contribution in [2.75, 3.05) is 13.1 Å². The Labute approximate surface area is 165 Å². The largest absolute Gasteiger partial charge is 0.444 e. The van der Waals surface area contributed by atoms with Gasteiger partial charge in [-0.3, -0.25) is 0 Å². The van der Waals surface area contributed by atoms with E-state index in [-0.39, 0.29) is 0 Å². The Morgan fingerprint density at radius 1 is 1.07 bits per heavy atom. The second-order valence-corrected chi connectivity index (χ2v) is 6.43. The molecule has 0 aliphatic carbocycles. The van der Waals surface area contributed by atoms with Crippen LogP contribution in [0.4, 0.5) is 0 Å². The lowest BCUT2D eigenvalue weighted by atomic mass is 10.1. The Hall–Kier alpha value is -3.12. The van der Waals surface area contributed by atoms with Crippen LogP contribution < -0.4 is 10.6 Å². The van der Waals surface area contributed by atoms with Gasteiger partial charge in [-0.2, -0.15) is 0 Å².